The number of benzene rings is 1. The lowest BCUT2D eigenvalue weighted by atomic mass is 10.0. The van der Waals surface area contributed by atoms with Gasteiger partial charge in [0, 0.05) is 24.6 Å². The van der Waals surface area contributed by atoms with Crippen LogP contribution in [0.15, 0.2) is 29.1 Å². The first-order chi connectivity index (χ1) is 9.08. The van der Waals surface area contributed by atoms with Gasteiger partial charge in [-0.05, 0) is 23.4 Å². The van der Waals surface area contributed by atoms with E-state index in [4.69, 9.17) is 11.5 Å². The van der Waals surface area contributed by atoms with Crippen molar-refractivity contribution in [3.05, 3.63) is 45.7 Å². The van der Waals surface area contributed by atoms with Crippen LogP contribution in [-0.4, -0.2) is 10.5 Å². The molecule has 0 aliphatic carbocycles. The molecule has 2 heterocycles. The minimum atomic E-state index is -0.637. The lowest BCUT2D eigenvalue weighted by molar-refractivity contribution is -0.118. The first kappa shape index (κ1) is 11.9. The third kappa shape index (κ3) is 1.82. The molecule has 1 unspecified atom stereocenters. The number of hydrogen-bond acceptors (Lipinski definition) is 3. The molecule has 0 radical (unpaired) electrons. The Morgan fingerprint density at radius 2 is 2.21 bits per heavy atom. The number of carbonyl (C=O) groups is 1. The number of rotatable bonds is 3. The highest BCUT2D eigenvalue weighted by Gasteiger charge is 2.21. The Bertz CT molecular complexity index is 733. The minimum absolute atomic E-state index is 0.0135. The normalized spacial score (nSPS) is 14.8. The van der Waals surface area contributed by atoms with Gasteiger partial charge in [0.05, 0.1) is 5.52 Å². The zero-order valence-corrected chi connectivity index (χ0v) is 10.4. The Balaban J connectivity index is 2.22. The van der Waals surface area contributed by atoms with E-state index in [0.717, 1.165) is 17.3 Å². The van der Waals surface area contributed by atoms with E-state index in [1.165, 1.54) is 5.56 Å². The van der Waals surface area contributed by atoms with Gasteiger partial charge in [-0.1, -0.05) is 18.2 Å². The second-order valence-electron chi connectivity index (χ2n) is 4.94. The molecule has 5 heteroatoms. The second kappa shape index (κ2) is 4.20. The molecule has 1 aliphatic rings. The number of aromatic nitrogens is 1. The van der Waals surface area contributed by atoms with Crippen molar-refractivity contribution >= 4 is 16.8 Å². The van der Waals surface area contributed by atoms with Crippen LogP contribution in [0, 0.1) is 0 Å². The van der Waals surface area contributed by atoms with Gasteiger partial charge < -0.3 is 16.0 Å². The highest BCUT2D eigenvalue weighted by Crippen LogP contribution is 2.25. The Morgan fingerprint density at radius 1 is 1.42 bits per heavy atom. The van der Waals surface area contributed by atoms with Gasteiger partial charge in [0.1, 0.15) is 0 Å². The van der Waals surface area contributed by atoms with Crippen LogP contribution in [0.5, 0.6) is 0 Å². The van der Waals surface area contributed by atoms with Crippen molar-refractivity contribution in [3.8, 4) is 0 Å². The van der Waals surface area contributed by atoms with E-state index >= 15 is 0 Å². The van der Waals surface area contributed by atoms with Gasteiger partial charge in [-0.3, -0.25) is 9.59 Å². The molecular formula is C14H15N3O2. The molecule has 2 aromatic rings. The number of pyridine rings is 1. The average molecular weight is 257 g/mol. The fraction of sp³-hybridized carbons (Fsp3) is 0.286. The minimum Gasteiger partial charge on any atom is -0.370 e. The zero-order chi connectivity index (χ0) is 13.6. The van der Waals surface area contributed by atoms with Crippen molar-refractivity contribution in [3.63, 3.8) is 0 Å². The Labute approximate surface area is 109 Å². The maximum absolute atomic E-state index is 12.4. The van der Waals surface area contributed by atoms with Crippen LogP contribution < -0.4 is 17.0 Å². The second-order valence-corrected chi connectivity index (χ2v) is 4.94. The van der Waals surface area contributed by atoms with Crippen LogP contribution in [0.2, 0.25) is 0 Å². The van der Waals surface area contributed by atoms with E-state index in [2.05, 4.69) is 0 Å². The summed E-state index contributed by atoms with van der Waals surface area (Å²) >= 11 is 0. The SMILES string of the molecule is NC(=O)CC(N)c1cc2cccc3c2n(c1=O)CC3. The summed E-state index contributed by atoms with van der Waals surface area (Å²) in [6, 6.07) is 7.12. The fourth-order valence-electron chi connectivity index (χ4n) is 2.78. The van der Waals surface area contributed by atoms with E-state index < -0.39 is 11.9 Å². The highest BCUT2D eigenvalue weighted by atomic mass is 16.1. The molecule has 19 heavy (non-hydrogen) atoms. The summed E-state index contributed by atoms with van der Waals surface area (Å²) in [6.45, 7) is 0.672. The number of primary amides is 1. The van der Waals surface area contributed by atoms with Gasteiger partial charge in [-0.25, -0.2) is 0 Å². The Morgan fingerprint density at radius 3 is 2.95 bits per heavy atom. The summed E-state index contributed by atoms with van der Waals surface area (Å²) in [5.74, 6) is -0.498. The molecule has 3 rings (SSSR count). The molecule has 0 fully saturated rings. The van der Waals surface area contributed by atoms with Gasteiger partial charge >= 0.3 is 0 Å². The first-order valence-electron chi connectivity index (χ1n) is 6.27. The molecule has 1 aliphatic heterocycles. The van der Waals surface area contributed by atoms with Crippen LogP contribution in [-0.2, 0) is 17.8 Å². The molecule has 5 nitrogen and oxygen atoms in total. The van der Waals surface area contributed by atoms with Crippen LogP contribution in [0.25, 0.3) is 10.9 Å². The average Bonchev–Trinajstić information content (AvgIpc) is 2.78. The molecule has 1 atom stereocenters. The highest BCUT2D eigenvalue weighted by molar-refractivity contribution is 5.84. The lowest BCUT2D eigenvalue weighted by Gasteiger charge is -2.12. The Hall–Kier alpha value is -2.14. The van der Waals surface area contributed by atoms with Crippen LogP contribution in [0.3, 0.4) is 0 Å². The summed E-state index contributed by atoms with van der Waals surface area (Å²) in [4.78, 5) is 23.4. The Kier molecular flexibility index (Phi) is 2.64. The largest absolute Gasteiger partial charge is 0.370 e. The van der Waals surface area contributed by atoms with Crippen molar-refractivity contribution < 1.29 is 4.79 Å². The summed E-state index contributed by atoms with van der Waals surface area (Å²) in [5, 5.41) is 0.990. The predicted octanol–water partition coefficient (Wildman–Crippen LogP) is 0.433. The molecule has 1 aromatic heterocycles. The molecule has 4 N–H and O–H groups in total. The summed E-state index contributed by atoms with van der Waals surface area (Å²) in [5.41, 5.74) is 13.6. The summed E-state index contributed by atoms with van der Waals surface area (Å²) in [7, 11) is 0. The van der Waals surface area contributed by atoms with Crippen LogP contribution in [0.1, 0.15) is 23.6 Å². The van der Waals surface area contributed by atoms with E-state index in [-0.39, 0.29) is 12.0 Å². The zero-order valence-electron chi connectivity index (χ0n) is 10.4. The van der Waals surface area contributed by atoms with Crippen molar-refractivity contribution in [1.29, 1.82) is 0 Å². The molecule has 1 amide bonds. The number of carbonyl (C=O) groups excluding carboxylic acids is 1. The number of hydrogen-bond donors (Lipinski definition) is 2. The third-order valence-corrected chi connectivity index (χ3v) is 3.65. The van der Waals surface area contributed by atoms with Gasteiger partial charge in [0.2, 0.25) is 5.91 Å². The lowest BCUT2D eigenvalue weighted by Crippen LogP contribution is -2.30. The number of amides is 1. The predicted molar refractivity (Wildman–Crippen MR) is 72.7 cm³/mol. The smallest absolute Gasteiger partial charge is 0.255 e. The van der Waals surface area contributed by atoms with Crippen LogP contribution >= 0.6 is 0 Å². The summed E-state index contributed by atoms with van der Waals surface area (Å²) in [6.07, 6.45) is 0.849. The standard InChI is InChI=1S/C14H15N3O2/c15-11(7-12(16)18)10-6-9-3-1-2-8-4-5-17(13(8)9)14(10)19/h1-3,6,11H,4-5,7,15H2,(H2,16,18). The molecule has 1 aromatic carbocycles. The quantitative estimate of drug-likeness (QED) is 0.835. The maximum Gasteiger partial charge on any atom is 0.255 e. The van der Waals surface area contributed by atoms with E-state index in [1.54, 1.807) is 10.6 Å². The molecule has 0 spiro atoms. The fourth-order valence-corrected chi connectivity index (χ4v) is 2.78. The molecular weight excluding hydrogens is 242 g/mol. The first-order valence-corrected chi connectivity index (χ1v) is 6.27. The topological polar surface area (TPSA) is 91.1 Å². The monoisotopic (exact) mass is 257 g/mol. The van der Waals surface area contributed by atoms with Gasteiger partial charge in [0.25, 0.3) is 5.56 Å². The van der Waals surface area contributed by atoms with Gasteiger partial charge in [-0.15, -0.1) is 0 Å². The number of nitrogens with zero attached hydrogens (tertiary/aromatic N) is 1. The maximum atomic E-state index is 12.4. The molecule has 98 valence electrons. The molecule has 0 saturated heterocycles. The van der Waals surface area contributed by atoms with Crippen molar-refractivity contribution in [1.82, 2.24) is 4.57 Å². The van der Waals surface area contributed by atoms with Crippen molar-refractivity contribution in [2.45, 2.75) is 25.4 Å². The number of aryl methyl sites for hydroxylation is 2. The van der Waals surface area contributed by atoms with Gasteiger partial charge in [-0.2, -0.15) is 0 Å². The third-order valence-electron chi connectivity index (χ3n) is 3.65. The van der Waals surface area contributed by atoms with Crippen molar-refractivity contribution in [2.75, 3.05) is 0 Å². The molecule has 0 bridgehead atoms. The number of para-hydroxylation sites is 1. The van der Waals surface area contributed by atoms with E-state index in [9.17, 15) is 9.59 Å². The van der Waals surface area contributed by atoms with E-state index in [0.29, 0.717) is 12.1 Å². The summed E-state index contributed by atoms with van der Waals surface area (Å²) < 4.78 is 1.75. The van der Waals surface area contributed by atoms with Gasteiger partial charge in [0.15, 0.2) is 0 Å². The van der Waals surface area contributed by atoms with Crippen LogP contribution in [0.4, 0.5) is 0 Å². The molecule has 0 saturated carbocycles. The number of nitrogens with two attached hydrogens (primary N) is 2. The van der Waals surface area contributed by atoms with E-state index in [1.807, 2.05) is 18.2 Å². The van der Waals surface area contributed by atoms with Crippen molar-refractivity contribution in [2.24, 2.45) is 11.5 Å².